The van der Waals surface area contributed by atoms with Crippen LogP contribution in [0.1, 0.15) is 27.3 Å². The van der Waals surface area contributed by atoms with Crippen molar-refractivity contribution in [1.82, 2.24) is 19.9 Å². The van der Waals surface area contributed by atoms with E-state index < -0.39 is 0 Å². The zero-order valence-electron chi connectivity index (χ0n) is 13.8. The number of hydrogen-bond acceptors (Lipinski definition) is 3. The Morgan fingerprint density at radius 3 is 2.88 bits per heavy atom. The molecule has 0 spiro atoms. The number of aromatic nitrogens is 3. The number of halogens is 1. The molecule has 2 aromatic heterocycles. The molecule has 0 saturated heterocycles. The standard InChI is InChI=1S/C19H17ClN4O/c1-12-9-23-18(10-22-12)19(25)24-6-4-13-7-14(20)8-15(16(13)11-24)17-3-2-5-21-17/h2-3,5,7-10,21H,4,6,11H2,1H3. The molecule has 5 nitrogen and oxygen atoms in total. The minimum atomic E-state index is -0.0921. The quantitative estimate of drug-likeness (QED) is 0.766. The molecule has 1 amide bonds. The average molecular weight is 353 g/mol. The molecular weight excluding hydrogens is 336 g/mol. The first kappa shape index (κ1) is 15.8. The number of carbonyl (C=O) groups is 1. The lowest BCUT2D eigenvalue weighted by Gasteiger charge is -2.30. The maximum Gasteiger partial charge on any atom is 0.274 e. The maximum atomic E-state index is 12.8. The molecule has 3 aromatic rings. The second-order valence-corrected chi connectivity index (χ2v) is 6.63. The van der Waals surface area contributed by atoms with Crippen molar-refractivity contribution in [2.45, 2.75) is 19.9 Å². The van der Waals surface area contributed by atoms with Crippen LogP contribution in [0, 0.1) is 6.92 Å². The number of nitrogens with one attached hydrogen (secondary N) is 1. The van der Waals surface area contributed by atoms with Crippen LogP contribution in [0.25, 0.3) is 11.3 Å². The van der Waals surface area contributed by atoms with E-state index in [-0.39, 0.29) is 5.91 Å². The van der Waals surface area contributed by atoms with Gasteiger partial charge in [0, 0.05) is 41.8 Å². The second-order valence-electron chi connectivity index (χ2n) is 6.19. The molecule has 1 aliphatic rings. The Bertz CT molecular complexity index is 919. The van der Waals surface area contributed by atoms with E-state index in [1.54, 1.807) is 12.4 Å². The molecule has 1 aliphatic heterocycles. The Morgan fingerprint density at radius 1 is 1.28 bits per heavy atom. The van der Waals surface area contributed by atoms with Crippen LogP contribution in [0.15, 0.2) is 42.9 Å². The molecule has 0 unspecified atom stereocenters. The van der Waals surface area contributed by atoms with Gasteiger partial charge in [-0.3, -0.25) is 9.78 Å². The van der Waals surface area contributed by atoms with Crippen molar-refractivity contribution in [2.24, 2.45) is 0 Å². The molecule has 3 heterocycles. The van der Waals surface area contributed by atoms with Crippen molar-refractivity contribution in [1.29, 1.82) is 0 Å². The van der Waals surface area contributed by atoms with E-state index in [0.29, 0.717) is 23.8 Å². The van der Waals surface area contributed by atoms with Crippen LogP contribution in [0.3, 0.4) is 0 Å². The van der Waals surface area contributed by atoms with Crippen LogP contribution < -0.4 is 0 Å². The van der Waals surface area contributed by atoms with Gasteiger partial charge in [-0.05, 0) is 48.7 Å². The summed E-state index contributed by atoms with van der Waals surface area (Å²) in [5.74, 6) is -0.0921. The SMILES string of the molecule is Cc1cnc(C(=O)N2CCc3cc(Cl)cc(-c4ccc[nH]4)c3C2)cn1. The molecule has 0 atom stereocenters. The summed E-state index contributed by atoms with van der Waals surface area (Å²) < 4.78 is 0. The third-order valence-corrected chi connectivity index (χ3v) is 4.70. The molecule has 0 aliphatic carbocycles. The Hall–Kier alpha value is -2.66. The van der Waals surface area contributed by atoms with Gasteiger partial charge in [0.15, 0.2) is 0 Å². The topological polar surface area (TPSA) is 61.9 Å². The third-order valence-electron chi connectivity index (χ3n) is 4.48. The number of hydrogen-bond donors (Lipinski definition) is 1. The number of nitrogens with zero attached hydrogens (tertiary/aromatic N) is 3. The predicted octanol–water partition coefficient (Wildman–Crippen LogP) is 3.63. The summed E-state index contributed by atoms with van der Waals surface area (Å²) in [7, 11) is 0. The minimum Gasteiger partial charge on any atom is -0.361 e. The largest absolute Gasteiger partial charge is 0.361 e. The van der Waals surface area contributed by atoms with Gasteiger partial charge in [0.25, 0.3) is 5.91 Å². The normalized spacial score (nSPS) is 13.6. The highest BCUT2D eigenvalue weighted by molar-refractivity contribution is 6.31. The lowest BCUT2D eigenvalue weighted by molar-refractivity contribution is 0.0728. The summed E-state index contributed by atoms with van der Waals surface area (Å²) in [4.78, 5) is 26.2. The van der Waals surface area contributed by atoms with Gasteiger partial charge in [-0.1, -0.05) is 11.6 Å². The molecule has 4 rings (SSSR count). The fourth-order valence-corrected chi connectivity index (χ4v) is 3.45. The number of H-pyrrole nitrogens is 1. The third kappa shape index (κ3) is 3.03. The zero-order valence-corrected chi connectivity index (χ0v) is 14.5. The number of benzene rings is 1. The van der Waals surface area contributed by atoms with Crippen molar-refractivity contribution in [2.75, 3.05) is 6.54 Å². The fraction of sp³-hybridized carbons (Fsp3) is 0.211. The second kappa shape index (κ2) is 6.33. The van der Waals surface area contributed by atoms with Crippen LogP contribution in [-0.4, -0.2) is 32.3 Å². The Labute approximate surface area is 150 Å². The molecule has 1 aromatic carbocycles. The van der Waals surface area contributed by atoms with Crippen LogP contribution in [0.2, 0.25) is 5.02 Å². The monoisotopic (exact) mass is 352 g/mol. The highest BCUT2D eigenvalue weighted by atomic mass is 35.5. The van der Waals surface area contributed by atoms with E-state index in [0.717, 1.165) is 28.9 Å². The predicted molar refractivity (Wildman–Crippen MR) is 96.5 cm³/mol. The number of amides is 1. The van der Waals surface area contributed by atoms with E-state index >= 15 is 0 Å². The fourth-order valence-electron chi connectivity index (χ4n) is 3.20. The number of aromatic amines is 1. The van der Waals surface area contributed by atoms with Gasteiger partial charge in [0.1, 0.15) is 5.69 Å². The van der Waals surface area contributed by atoms with Crippen LogP contribution >= 0.6 is 11.6 Å². The lowest BCUT2D eigenvalue weighted by atomic mass is 9.93. The Morgan fingerprint density at radius 2 is 2.16 bits per heavy atom. The van der Waals surface area contributed by atoms with Crippen molar-refractivity contribution in [3.05, 3.63) is 70.4 Å². The summed E-state index contributed by atoms with van der Waals surface area (Å²) >= 11 is 6.30. The first-order valence-corrected chi connectivity index (χ1v) is 8.52. The highest BCUT2D eigenvalue weighted by Crippen LogP contribution is 2.33. The summed E-state index contributed by atoms with van der Waals surface area (Å²) in [6.07, 6.45) is 5.82. The van der Waals surface area contributed by atoms with Gasteiger partial charge in [0.2, 0.25) is 0 Å². The lowest BCUT2D eigenvalue weighted by Crippen LogP contribution is -2.36. The summed E-state index contributed by atoms with van der Waals surface area (Å²) in [5, 5.41) is 0.715. The molecule has 126 valence electrons. The first-order chi connectivity index (χ1) is 12.1. The smallest absolute Gasteiger partial charge is 0.274 e. The van der Waals surface area contributed by atoms with E-state index in [9.17, 15) is 4.79 Å². The Balaban J connectivity index is 1.69. The van der Waals surface area contributed by atoms with E-state index in [2.05, 4.69) is 15.0 Å². The molecule has 0 radical (unpaired) electrons. The minimum absolute atomic E-state index is 0.0921. The molecule has 0 fully saturated rings. The average Bonchev–Trinajstić information content (AvgIpc) is 3.15. The van der Waals surface area contributed by atoms with Crippen LogP contribution in [-0.2, 0) is 13.0 Å². The van der Waals surface area contributed by atoms with Gasteiger partial charge < -0.3 is 9.88 Å². The van der Waals surface area contributed by atoms with E-state index in [1.165, 1.54) is 5.56 Å². The van der Waals surface area contributed by atoms with Gasteiger partial charge in [-0.15, -0.1) is 0 Å². The summed E-state index contributed by atoms with van der Waals surface area (Å²) in [6, 6.07) is 7.91. The summed E-state index contributed by atoms with van der Waals surface area (Å²) in [6.45, 7) is 3.03. The first-order valence-electron chi connectivity index (χ1n) is 8.15. The Kier molecular flexibility index (Phi) is 4.01. The number of fused-ring (bicyclic) bond motifs is 1. The van der Waals surface area contributed by atoms with Gasteiger partial charge >= 0.3 is 0 Å². The zero-order chi connectivity index (χ0) is 17.4. The molecule has 0 saturated carbocycles. The number of aryl methyl sites for hydroxylation is 1. The molecular formula is C19H17ClN4O. The molecule has 1 N–H and O–H groups in total. The van der Waals surface area contributed by atoms with Crippen molar-refractivity contribution < 1.29 is 4.79 Å². The van der Waals surface area contributed by atoms with Gasteiger partial charge in [-0.25, -0.2) is 4.98 Å². The molecule has 25 heavy (non-hydrogen) atoms. The van der Waals surface area contributed by atoms with Crippen molar-refractivity contribution >= 4 is 17.5 Å². The van der Waals surface area contributed by atoms with Gasteiger partial charge in [-0.2, -0.15) is 0 Å². The van der Waals surface area contributed by atoms with Gasteiger partial charge in [0.05, 0.1) is 11.9 Å². The molecule has 6 heteroatoms. The van der Waals surface area contributed by atoms with Crippen molar-refractivity contribution in [3.63, 3.8) is 0 Å². The highest BCUT2D eigenvalue weighted by Gasteiger charge is 2.25. The molecule has 0 bridgehead atoms. The summed E-state index contributed by atoms with van der Waals surface area (Å²) in [5.41, 5.74) is 5.54. The van der Waals surface area contributed by atoms with E-state index in [4.69, 9.17) is 11.6 Å². The maximum absolute atomic E-state index is 12.8. The number of carbonyl (C=O) groups excluding carboxylic acids is 1. The van der Waals surface area contributed by atoms with Crippen LogP contribution in [0.4, 0.5) is 0 Å². The van der Waals surface area contributed by atoms with Crippen molar-refractivity contribution in [3.8, 4) is 11.3 Å². The van der Waals surface area contributed by atoms with Crippen LogP contribution in [0.5, 0.6) is 0 Å². The van der Waals surface area contributed by atoms with E-state index in [1.807, 2.05) is 42.3 Å². The number of rotatable bonds is 2.